The molecule has 0 amide bonds. The first kappa shape index (κ1) is 19.2. The van der Waals surface area contributed by atoms with Gasteiger partial charge in [-0.2, -0.15) is 0 Å². The van der Waals surface area contributed by atoms with Crippen molar-refractivity contribution in [2.24, 2.45) is 10.9 Å². The highest BCUT2D eigenvalue weighted by molar-refractivity contribution is 7.88. The summed E-state index contributed by atoms with van der Waals surface area (Å²) in [6.07, 6.45) is 4.67. The van der Waals surface area contributed by atoms with Crippen molar-refractivity contribution in [3.63, 3.8) is 0 Å². The molecule has 0 aliphatic rings. The van der Waals surface area contributed by atoms with E-state index in [2.05, 4.69) is 41.1 Å². The van der Waals surface area contributed by atoms with E-state index in [1.165, 1.54) is 12.8 Å². The number of rotatable bonds is 9. The van der Waals surface area contributed by atoms with Gasteiger partial charge in [-0.1, -0.05) is 26.7 Å². The number of hydrogen-bond donors (Lipinski definition) is 3. The predicted molar refractivity (Wildman–Crippen MR) is 85.5 cm³/mol. The van der Waals surface area contributed by atoms with Crippen LogP contribution in [-0.2, 0) is 10.0 Å². The molecule has 6 nitrogen and oxygen atoms in total. The summed E-state index contributed by atoms with van der Waals surface area (Å²) < 4.78 is 24.3. The minimum Gasteiger partial charge on any atom is -0.355 e. The lowest BCUT2D eigenvalue weighted by Gasteiger charge is -2.18. The van der Waals surface area contributed by atoms with Crippen LogP contribution < -0.4 is 15.4 Å². The van der Waals surface area contributed by atoms with Gasteiger partial charge in [0.1, 0.15) is 0 Å². The Hall–Kier alpha value is -0.820. The highest BCUT2D eigenvalue weighted by Crippen LogP contribution is 2.07. The van der Waals surface area contributed by atoms with E-state index in [-0.39, 0.29) is 0 Å². The summed E-state index contributed by atoms with van der Waals surface area (Å²) >= 11 is 0. The molecular weight excluding hydrogens is 276 g/mol. The Balaban J connectivity index is 3.86. The van der Waals surface area contributed by atoms with Crippen molar-refractivity contribution in [1.29, 1.82) is 0 Å². The first-order valence-corrected chi connectivity index (χ1v) is 9.05. The molecule has 0 spiro atoms. The molecule has 0 aromatic heterocycles. The minimum absolute atomic E-state index is 0.348. The number of sulfonamides is 1. The van der Waals surface area contributed by atoms with Gasteiger partial charge in [0.25, 0.3) is 0 Å². The maximum absolute atomic E-state index is 10.9. The van der Waals surface area contributed by atoms with Crippen LogP contribution in [0.4, 0.5) is 0 Å². The topological polar surface area (TPSA) is 82.6 Å². The van der Waals surface area contributed by atoms with Crippen molar-refractivity contribution in [3.05, 3.63) is 0 Å². The zero-order chi connectivity index (χ0) is 15.6. The van der Waals surface area contributed by atoms with E-state index in [0.29, 0.717) is 25.1 Å². The lowest BCUT2D eigenvalue weighted by atomic mass is 10.0. The second-order valence-corrected chi connectivity index (χ2v) is 7.37. The molecule has 0 heterocycles. The molecule has 0 saturated heterocycles. The third-order valence-corrected chi connectivity index (χ3v) is 3.54. The van der Waals surface area contributed by atoms with Crippen LogP contribution in [0.2, 0.25) is 0 Å². The van der Waals surface area contributed by atoms with Crippen molar-refractivity contribution in [2.75, 3.05) is 26.4 Å². The monoisotopic (exact) mass is 306 g/mol. The van der Waals surface area contributed by atoms with Crippen molar-refractivity contribution in [1.82, 2.24) is 15.4 Å². The number of nitrogens with one attached hydrogen (secondary N) is 3. The average molecular weight is 306 g/mol. The second kappa shape index (κ2) is 9.99. The van der Waals surface area contributed by atoms with Crippen LogP contribution >= 0.6 is 0 Å². The van der Waals surface area contributed by atoms with E-state index < -0.39 is 10.0 Å². The van der Waals surface area contributed by atoms with Gasteiger partial charge in [-0.3, -0.25) is 4.99 Å². The van der Waals surface area contributed by atoms with Crippen LogP contribution in [0, 0.1) is 5.92 Å². The van der Waals surface area contributed by atoms with Gasteiger partial charge in [0, 0.05) is 26.2 Å². The average Bonchev–Trinajstić information content (AvgIpc) is 2.31. The number of aliphatic imine (C=N–C) groups is 1. The quantitative estimate of drug-likeness (QED) is 0.336. The molecule has 1 unspecified atom stereocenters. The summed E-state index contributed by atoms with van der Waals surface area (Å²) in [7, 11) is -1.41. The van der Waals surface area contributed by atoms with Gasteiger partial charge in [-0.15, -0.1) is 0 Å². The fourth-order valence-corrected chi connectivity index (χ4v) is 2.22. The lowest BCUT2D eigenvalue weighted by molar-refractivity contribution is 0.491. The molecule has 0 aromatic rings. The SMILES string of the molecule is CN=C(NCCNS(C)(=O)=O)NC(C)CCCC(C)C. The largest absolute Gasteiger partial charge is 0.355 e. The van der Waals surface area contributed by atoms with E-state index in [1.54, 1.807) is 7.05 Å². The Kier molecular flexibility index (Phi) is 9.58. The van der Waals surface area contributed by atoms with E-state index in [4.69, 9.17) is 0 Å². The van der Waals surface area contributed by atoms with Crippen LogP contribution in [0.5, 0.6) is 0 Å². The van der Waals surface area contributed by atoms with Crippen LogP contribution in [0.25, 0.3) is 0 Å². The van der Waals surface area contributed by atoms with Crippen molar-refractivity contribution in [2.45, 2.75) is 46.1 Å². The highest BCUT2D eigenvalue weighted by Gasteiger charge is 2.06. The van der Waals surface area contributed by atoms with E-state index in [9.17, 15) is 8.42 Å². The molecule has 0 bridgehead atoms. The summed E-state index contributed by atoms with van der Waals surface area (Å²) in [6.45, 7) is 7.44. The van der Waals surface area contributed by atoms with E-state index in [1.807, 2.05) is 0 Å². The van der Waals surface area contributed by atoms with Gasteiger partial charge in [-0.05, 0) is 19.3 Å². The van der Waals surface area contributed by atoms with E-state index >= 15 is 0 Å². The van der Waals surface area contributed by atoms with Crippen molar-refractivity contribution >= 4 is 16.0 Å². The zero-order valence-corrected chi connectivity index (χ0v) is 14.2. The molecule has 120 valence electrons. The Morgan fingerprint density at radius 3 is 2.30 bits per heavy atom. The molecule has 0 aromatic carbocycles. The number of guanidine groups is 1. The van der Waals surface area contributed by atoms with Crippen LogP contribution in [-0.4, -0.2) is 46.8 Å². The first-order chi connectivity index (χ1) is 9.24. The molecule has 3 N–H and O–H groups in total. The zero-order valence-electron chi connectivity index (χ0n) is 13.4. The number of hydrogen-bond acceptors (Lipinski definition) is 3. The smallest absolute Gasteiger partial charge is 0.208 e. The van der Waals surface area contributed by atoms with Crippen LogP contribution in [0.3, 0.4) is 0 Å². The fraction of sp³-hybridized carbons (Fsp3) is 0.923. The third-order valence-electron chi connectivity index (χ3n) is 2.81. The van der Waals surface area contributed by atoms with Crippen molar-refractivity contribution in [3.8, 4) is 0 Å². The molecular formula is C13H30N4O2S. The number of nitrogens with zero attached hydrogens (tertiary/aromatic N) is 1. The molecule has 0 rings (SSSR count). The Morgan fingerprint density at radius 1 is 1.15 bits per heavy atom. The van der Waals surface area contributed by atoms with Crippen LogP contribution in [0.1, 0.15) is 40.0 Å². The summed E-state index contributed by atoms with van der Waals surface area (Å²) in [5.41, 5.74) is 0. The summed E-state index contributed by atoms with van der Waals surface area (Å²) in [5, 5.41) is 6.38. The van der Waals surface area contributed by atoms with Gasteiger partial charge in [0.05, 0.1) is 6.26 Å². The fourth-order valence-electron chi connectivity index (χ4n) is 1.75. The summed E-state index contributed by atoms with van der Waals surface area (Å²) in [6, 6.07) is 0.350. The molecule has 0 fully saturated rings. The predicted octanol–water partition coefficient (Wildman–Crippen LogP) is 0.915. The first-order valence-electron chi connectivity index (χ1n) is 7.16. The maximum Gasteiger partial charge on any atom is 0.208 e. The Morgan fingerprint density at radius 2 is 1.80 bits per heavy atom. The van der Waals surface area contributed by atoms with E-state index in [0.717, 1.165) is 18.6 Å². The van der Waals surface area contributed by atoms with Gasteiger partial charge in [-0.25, -0.2) is 13.1 Å². The molecule has 0 aliphatic heterocycles. The molecule has 0 aliphatic carbocycles. The second-order valence-electron chi connectivity index (χ2n) is 5.54. The Labute approximate surface area is 123 Å². The minimum atomic E-state index is -3.12. The third kappa shape index (κ3) is 12.2. The molecule has 20 heavy (non-hydrogen) atoms. The van der Waals surface area contributed by atoms with Gasteiger partial charge in [0.2, 0.25) is 10.0 Å². The lowest BCUT2D eigenvalue weighted by Crippen LogP contribution is -2.44. The van der Waals surface area contributed by atoms with Crippen LogP contribution in [0.15, 0.2) is 4.99 Å². The van der Waals surface area contributed by atoms with Gasteiger partial charge < -0.3 is 10.6 Å². The summed E-state index contributed by atoms with van der Waals surface area (Å²) in [5.74, 6) is 1.44. The molecule has 0 radical (unpaired) electrons. The highest BCUT2D eigenvalue weighted by atomic mass is 32.2. The molecule has 0 saturated carbocycles. The Bertz CT molecular complexity index is 380. The summed E-state index contributed by atoms with van der Waals surface area (Å²) in [4.78, 5) is 4.12. The normalized spacial score (nSPS) is 14.4. The van der Waals surface area contributed by atoms with Gasteiger partial charge >= 0.3 is 0 Å². The van der Waals surface area contributed by atoms with Crippen molar-refractivity contribution < 1.29 is 8.42 Å². The molecule has 7 heteroatoms. The maximum atomic E-state index is 10.9. The van der Waals surface area contributed by atoms with Gasteiger partial charge in [0.15, 0.2) is 5.96 Å². The standard InChI is InChI=1S/C13H30N4O2S/c1-11(2)7-6-8-12(3)17-13(14-4)15-9-10-16-20(5,18)19/h11-12,16H,6-10H2,1-5H3,(H2,14,15,17). The molecule has 1 atom stereocenters.